The Bertz CT molecular complexity index is 1570. The van der Waals surface area contributed by atoms with Gasteiger partial charge in [0, 0.05) is 56.1 Å². The number of hydrogen-bond acceptors (Lipinski definition) is 10. The summed E-state index contributed by atoms with van der Waals surface area (Å²) in [5.41, 5.74) is 4.29. The first-order chi connectivity index (χ1) is 27.3. The van der Waals surface area contributed by atoms with Gasteiger partial charge < -0.3 is 50.6 Å². The highest BCUT2D eigenvalue weighted by atomic mass is 32.2. The van der Waals surface area contributed by atoms with Crippen molar-refractivity contribution in [1.29, 1.82) is 0 Å². The van der Waals surface area contributed by atoms with Crippen LogP contribution in [-0.2, 0) is 33.3 Å². The summed E-state index contributed by atoms with van der Waals surface area (Å²) in [5.74, 6) is -0.717. The van der Waals surface area contributed by atoms with Crippen LogP contribution in [0.2, 0.25) is 0 Å². The van der Waals surface area contributed by atoms with Gasteiger partial charge in [-0.3, -0.25) is 9.59 Å². The molecule has 0 saturated carbocycles. The number of rotatable bonds is 26. The van der Waals surface area contributed by atoms with Crippen LogP contribution in [0.15, 0.2) is 48.5 Å². The van der Waals surface area contributed by atoms with Gasteiger partial charge in [0.1, 0.15) is 12.6 Å². The second kappa shape index (κ2) is 23.0. The Kier molecular flexibility index (Phi) is 17.6. The molecule has 4 atom stereocenters. The Morgan fingerprint density at radius 1 is 0.768 bits per heavy atom. The number of amides is 5. The van der Waals surface area contributed by atoms with Crippen molar-refractivity contribution in [2.75, 3.05) is 65.1 Å². The summed E-state index contributed by atoms with van der Waals surface area (Å²) in [5, 5.41) is 24.0. The number of carboxylic acid groups (broad SMARTS) is 1. The van der Waals surface area contributed by atoms with Crippen LogP contribution in [0.5, 0.6) is 0 Å². The number of benzene rings is 2. The third-order valence-corrected chi connectivity index (χ3v) is 11.5. The number of ether oxygens (including phenoxy) is 4. The molecule has 2 aromatic carbocycles. The molecule has 0 bridgehead atoms. The lowest BCUT2D eigenvalue weighted by Crippen LogP contribution is -2.42. The number of carbonyl (C=O) groups excluding carboxylic acids is 4. The van der Waals surface area contributed by atoms with Crippen LogP contribution in [0.1, 0.15) is 68.4 Å². The normalized spacial score (nSPS) is 18.6. The van der Waals surface area contributed by atoms with Crippen LogP contribution in [-0.4, -0.2) is 123 Å². The van der Waals surface area contributed by atoms with Crippen LogP contribution < -0.4 is 26.6 Å². The van der Waals surface area contributed by atoms with E-state index in [2.05, 4.69) is 26.6 Å². The maximum absolute atomic E-state index is 12.6. The zero-order chi connectivity index (χ0) is 39.5. The quantitative estimate of drug-likeness (QED) is 0.0601. The van der Waals surface area contributed by atoms with E-state index < -0.39 is 18.1 Å². The minimum absolute atomic E-state index is 0.0511. The van der Waals surface area contributed by atoms with Gasteiger partial charge in [-0.1, -0.05) is 55.0 Å². The van der Waals surface area contributed by atoms with Crippen molar-refractivity contribution in [3.8, 4) is 11.1 Å². The number of unbranched alkanes of at least 4 members (excludes halogenated alkanes) is 1. The Labute approximate surface area is 332 Å². The van der Waals surface area contributed by atoms with Crippen LogP contribution in [0.3, 0.4) is 0 Å². The lowest BCUT2D eigenvalue weighted by Gasteiger charge is -2.17. The number of hydrogen-bond donors (Lipinski definition) is 6. The van der Waals surface area contributed by atoms with E-state index in [-0.39, 0.29) is 55.3 Å². The first kappa shape index (κ1) is 42.8. The molecule has 0 spiro atoms. The smallest absolute Gasteiger partial charge is 0.407 e. The summed E-state index contributed by atoms with van der Waals surface area (Å²) in [4.78, 5) is 60.2. The summed E-state index contributed by atoms with van der Waals surface area (Å²) < 4.78 is 22.1. The molecule has 2 aromatic rings. The SMILES string of the molecule is O=C(CCCCC1SC[C@H]2NC(=O)N[C@@H]12)NCCCOCCOCCOCCCNC(=O)CCC(NC(=O)OCC1c2ccccc2-c2ccccc21)C(=O)O. The lowest BCUT2D eigenvalue weighted by atomic mass is 9.98. The first-order valence-corrected chi connectivity index (χ1v) is 20.6. The summed E-state index contributed by atoms with van der Waals surface area (Å²) in [7, 11) is 0. The second-order valence-electron chi connectivity index (χ2n) is 14.0. The Morgan fingerprint density at radius 2 is 1.36 bits per heavy atom. The van der Waals surface area contributed by atoms with Crippen molar-refractivity contribution in [3.63, 3.8) is 0 Å². The molecular formula is C40H55N5O10S. The zero-order valence-electron chi connectivity index (χ0n) is 31.8. The van der Waals surface area contributed by atoms with Crippen LogP contribution in [0.25, 0.3) is 11.1 Å². The number of nitrogens with one attached hydrogen (secondary N) is 5. The number of carboxylic acids is 1. The van der Waals surface area contributed by atoms with E-state index in [1.807, 2.05) is 60.3 Å². The third kappa shape index (κ3) is 13.4. The first-order valence-electron chi connectivity index (χ1n) is 19.6. The molecule has 15 nitrogen and oxygen atoms in total. The van der Waals surface area contributed by atoms with Crippen molar-refractivity contribution in [2.45, 2.75) is 80.7 Å². The summed E-state index contributed by atoms with van der Waals surface area (Å²) in [6.07, 6.45) is 3.60. The zero-order valence-corrected chi connectivity index (χ0v) is 32.6. The predicted molar refractivity (Wildman–Crippen MR) is 211 cm³/mol. The Hall–Kier alpha value is -4.38. The van der Waals surface area contributed by atoms with Crippen LogP contribution >= 0.6 is 11.8 Å². The molecular weight excluding hydrogens is 743 g/mol. The average molecular weight is 798 g/mol. The molecule has 306 valence electrons. The van der Waals surface area contributed by atoms with Gasteiger partial charge >= 0.3 is 18.1 Å². The molecule has 56 heavy (non-hydrogen) atoms. The largest absolute Gasteiger partial charge is 0.480 e. The minimum atomic E-state index is -1.27. The van der Waals surface area contributed by atoms with Gasteiger partial charge in [0.2, 0.25) is 11.8 Å². The predicted octanol–water partition coefficient (Wildman–Crippen LogP) is 3.55. The standard InChI is InChI=1S/C40H55N5O10S/c46-35(14-6-5-13-34-37-33(26-56-34)43-39(50)45-37)41-17-7-19-52-21-23-54-24-22-53-20-8-18-42-36(47)16-15-32(38(48)49)44-40(51)55-25-31-29-11-3-1-9-27(29)28-10-2-4-12-30(28)31/h1-4,9-12,31-34,37H,5-8,13-26H2,(H,41,46)(H,42,47)(H,44,51)(H,48,49)(H2,43,45,50)/t32?,33-,34?,37-/m1/s1. The topological polar surface area (TPSA) is 203 Å². The van der Waals surface area contributed by atoms with Crippen molar-refractivity contribution in [3.05, 3.63) is 59.7 Å². The molecule has 5 rings (SSSR count). The molecule has 1 aliphatic carbocycles. The Morgan fingerprint density at radius 3 is 1.98 bits per heavy atom. The molecule has 2 heterocycles. The monoisotopic (exact) mass is 797 g/mol. The Balaban J connectivity index is 0.786. The second-order valence-corrected chi connectivity index (χ2v) is 15.3. The highest BCUT2D eigenvalue weighted by Crippen LogP contribution is 2.44. The summed E-state index contributed by atoms with van der Waals surface area (Å²) in [6.45, 7) is 3.63. The maximum atomic E-state index is 12.6. The van der Waals surface area contributed by atoms with Crippen molar-refractivity contribution in [2.24, 2.45) is 0 Å². The van der Waals surface area contributed by atoms with Crippen molar-refractivity contribution >= 4 is 41.7 Å². The third-order valence-electron chi connectivity index (χ3n) is 9.99. The summed E-state index contributed by atoms with van der Waals surface area (Å²) in [6, 6.07) is 15.0. The fraction of sp³-hybridized carbons (Fsp3) is 0.575. The molecule has 2 saturated heterocycles. The molecule has 2 unspecified atom stereocenters. The minimum Gasteiger partial charge on any atom is -0.480 e. The van der Waals surface area contributed by atoms with E-state index >= 15 is 0 Å². The molecule has 16 heteroatoms. The van der Waals surface area contributed by atoms with Gasteiger partial charge in [-0.2, -0.15) is 11.8 Å². The average Bonchev–Trinajstić information content (AvgIpc) is 3.85. The van der Waals surface area contributed by atoms with Crippen molar-refractivity contribution < 1.29 is 48.0 Å². The number of urea groups is 1. The lowest BCUT2D eigenvalue weighted by molar-refractivity contribution is -0.139. The van der Waals surface area contributed by atoms with Gasteiger partial charge in [-0.25, -0.2) is 14.4 Å². The van der Waals surface area contributed by atoms with Crippen LogP contribution in [0, 0.1) is 0 Å². The fourth-order valence-electron chi connectivity index (χ4n) is 7.11. The number of fused-ring (bicyclic) bond motifs is 4. The van der Waals surface area contributed by atoms with Gasteiger partial charge in [-0.05, 0) is 54.4 Å². The van der Waals surface area contributed by atoms with Gasteiger partial charge in [0.25, 0.3) is 0 Å². The molecule has 0 aromatic heterocycles. The number of carbonyl (C=O) groups is 5. The van der Waals surface area contributed by atoms with E-state index in [9.17, 15) is 29.1 Å². The molecule has 3 aliphatic rings. The molecule has 2 fully saturated rings. The van der Waals surface area contributed by atoms with Crippen molar-refractivity contribution in [1.82, 2.24) is 26.6 Å². The number of thioether (sulfide) groups is 1. The van der Waals surface area contributed by atoms with E-state index in [1.54, 1.807) is 0 Å². The summed E-state index contributed by atoms with van der Waals surface area (Å²) >= 11 is 1.89. The maximum Gasteiger partial charge on any atom is 0.407 e. The van der Waals surface area contributed by atoms with E-state index in [4.69, 9.17) is 18.9 Å². The molecule has 2 aliphatic heterocycles. The number of aliphatic carboxylic acids is 1. The fourth-order valence-corrected chi connectivity index (χ4v) is 8.66. The molecule has 0 radical (unpaired) electrons. The van der Waals surface area contributed by atoms with Gasteiger partial charge in [-0.15, -0.1) is 0 Å². The number of alkyl carbamates (subject to hydrolysis) is 1. The molecule has 5 amide bonds. The van der Waals surface area contributed by atoms with E-state index in [0.717, 1.165) is 53.7 Å². The van der Waals surface area contributed by atoms with E-state index in [1.165, 1.54) is 0 Å². The highest BCUT2D eigenvalue weighted by molar-refractivity contribution is 8.00. The van der Waals surface area contributed by atoms with Gasteiger partial charge in [0.05, 0.1) is 38.5 Å². The van der Waals surface area contributed by atoms with Crippen LogP contribution in [0.4, 0.5) is 9.59 Å². The van der Waals surface area contributed by atoms with Gasteiger partial charge in [0.15, 0.2) is 0 Å². The molecule has 6 N–H and O–H groups in total. The highest BCUT2D eigenvalue weighted by Gasteiger charge is 2.42. The van der Waals surface area contributed by atoms with E-state index in [0.29, 0.717) is 70.8 Å².